The smallest absolute Gasteiger partial charge is 0.0992 e. The van der Waals surface area contributed by atoms with Gasteiger partial charge in [-0.05, 0) is 71.3 Å². The zero-order chi connectivity index (χ0) is 32.2. The van der Waals surface area contributed by atoms with Gasteiger partial charge in [0.1, 0.15) is 0 Å². The molecule has 0 N–H and O–H groups in total. The molecular formula is C44H26N4. The lowest BCUT2D eigenvalue weighted by molar-refractivity contribution is 1.18. The number of aromatic nitrogens is 2. The van der Waals surface area contributed by atoms with Gasteiger partial charge in [-0.15, -0.1) is 0 Å². The Kier molecular flexibility index (Phi) is 6.22. The molecular weight excluding hydrogens is 585 g/mol. The molecule has 2 aromatic heterocycles. The third-order valence-electron chi connectivity index (χ3n) is 9.36. The summed E-state index contributed by atoms with van der Waals surface area (Å²) >= 11 is 0. The first-order valence-corrected chi connectivity index (χ1v) is 15.9. The molecule has 0 saturated heterocycles. The lowest BCUT2D eigenvalue weighted by Crippen LogP contribution is -1.97. The molecule has 4 heteroatoms. The van der Waals surface area contributed by atoms with Crippen LogP contribution in [0.4, 0.5) is 0 Å². The number of hydrogen-bond acceptors (Lipinski definition) is 2. The number of nitrogens with zero attached hydrogens (tertiary/aromatic N) is 4. The Hall–Kier alpha value is -6.88. The highest BCUT2D eigenvalue weighted by molar-refractivity contribution is 6.10. The van der Waals surface area contributed by atoms with Gasteiger partial charge in [0.2, 0.25) is 0 Å². The molecule has 0 fully saturated rings. The molecule has 7 aromatic carbocycles. The van der Waals surface area contributed by atoms with Crippen molar-refractivity contribution in [3.05, 3.63) is 169 Å². The fraction of sp³-hybridized carbons (Fsp3) is 0. The van der Waals surface area contributed by atoms with Crippen molar-refractivity contribution in [2.45, 2.75) is 0 Å². The molecule has 0 aliphatic heterocycles. The molecule has 48 heavy (non-hydrogen) atoms. The van der Waals surface area contributed by atoms with E-state index in [1.807, 2.05) is 30.3 Å². The first-order valence-electron chi connectivity index (χ1n) is 15.9. The molecule has 0 radical (unpaired) electrons. The Morgan fingerprint density at radius 2 is 0.917 bits per heavy atom. The molecule has 2 heterocycles. The van der Waals surface area contributed by atoms with Gasteiger partial charge in [0.15, 0.2) is 0 Å². The summed E-state index contributed by atoms with van der Waals surface area (Å²) in [5, 5.41) is 24.4. The molecule has 0 bridgehead atoms. The molecule has 0 unspecified atom stereocenters. The van der Waals surface area contributed by atoms with Gasteiger partial charge in [-0.2, -0.15) is 10.5 Å². The minimum atomic E-state index is 0.613. The van der Waals surface area contributed by atoms with Gasteiger partial charge in [0, 0.05) is 32.8 Å². The number of nitriles is 2. The van der Waals surface area contributed by atoms with Crippen molar-refractivity contribution in [2.24, 2.45) is 0 Å². The summed E-state index contributed by atoms with van der Waals surface area (Å²) in [5.41, 5.74) is 11.8. The van der Waals surface area contributed by atoms with E-state index in [0.29, 0.717) is 11.1 Å². The van der Waals surface area contributed by atoms with Crippen LogP contribution in [0.1, 0.15) is 11.1 Å². The third kappa shape index (κ3) is 4.22. The van der Waals surface area contributed by atoms with Crippen LogP contribution in [0.2, 0.25) is 0 Å². The number of benzene rings is 7. The average molecular weight is 611 g/mol. The largest absolute Gasteiger partial charge is 0.309 e. The van der Waals surface area contributed by atoms with Crippen molar-refractivity contribution in [2.75, 3.05) is 0 Å². The van der Waals surface area contributed by atoms with E-state index >= 15 is 0 Å². The lowest BCUT2D eigenvalue weighted by Gasteiger charge is -2.15. The van der Waals surface area contributed by atoms with E-state index in [4.69, 9.17) is 0 Å². The van der Waals surface area contributed by atoms with Gasteiger partial charge in [0.25, 0.3) is 0 Å². The zero-order valence-corrected chi connectivity index (χ0v) is 25.8. The maximum Gasteiger partial charge on any atom is 0.0992 e. The maximum atomic E-state index is 10.1. The van der Waals surface area contributed by atoms with E-state index in [-0.39, 0.29) is 0 Å². The Morgan fingerprint density at radius 3 is 1.56 bits per heavy atom. The minimum absolute atomic E-state index is 0.613. The van der Waals surface area contributed by atoms with Crippen LogP contribution < -0.4 is 0 Å². The van der Waals surface area contributed by atoms with E-state index in [1.165, 1.54) is 10.8 Å². The molecule has 0 atom stereocenters. The molecule has 4 nitrogen and oxygen atoms in total. The van der Waals surface area contributed by atoms with E-state index in [9.17, 15) is 10.5 Å². The first-order chi connectivity index (χ1) is 23.7. The van der Waals surface area contributed by atoms with Crippen molar-refractivity contribution in [1.82, 2.24) is 9.13 Å². The highest BCUT2D eigenvalue weighted by atomic mass is 15.0. The standard InChI is InChI=1S/C44H26N4/c45-27-29-17-22-39-38-12-4-8-16-43(38)48(44(39)25-29)40-13-5-1-9-35(40)32-20-18-31(19-21-32)33-23-30(28-46)24-34(26-33)47-41-14-6-2-10-36(41)37-11-3-7-15-42(37)47/h1-26H. The fourth-order valence-electron chi connectivity index (χ4n) is 7.23. The lowest BCUT2D eigenvalue weighted by atomic mass is 9.97. The molecule has 0 saturated carbocycles. The maximum absolute atomic E-state index is 10.1. The van der Waals surface area contributed by atoms with Crippen molar-refractivity contribution >= 4 is 43.6 Å². The van der Waals surface area contributed by atoms with Crippen molar-refractivity contribution in [3.63, 3.8) is 0 Å². The molecule has 9 aromatic rings. The first kappa shape index (κ1) is 27.4. The Morgan fingerprint density at radius 1 is 0.375 bits per heavy atom. The Balaban J connectivity index is 1.18. The molecule has 0 amide bonds. The molecule has 9 rings (SSSR count). The summed E-state index contributed by atoms with van der Waals surface area (Å²) in [7, 11) is 0. The van der Waals surface area contributed by atoms with Gasteiger partial charge in [-0.25, -0.2) is 0 Å². The summed E-state index contributed by atoms with van der Waals surface area (Å²) in [4.78, 5) is 0. The van der Waals surface area contributed by atoms with Gasteiger partial charge in [-0.3, -0.25) is 0 Å². The summed E-state index contributed by atoms with van der Waals surface area (Å²) in [6.07, 6.45) is 0. The van der Waals surface area contributed by atoms with Gasteiger partial charge in [-0.1, -0.05) is 103 Å². The highest BCUT2D eigenvalue weighted by Crippen LogP contribution is 2.38. The van der Waals surface area contributed by atoms with Crippen LogP contribution in [0.3, 0.4) is 0 Å². The molecule has 0 spiro atoms. The van der Waals surface area contributed by atoms with Gasteiger partial charge >= 0.3 is 0 Å². The average Bonchev–Trinajstić information content (AvgIpc) is 3.67. The van der Waals surface area contributed by atoms with Crippen LogP contribution in [0, 0.1) is 22.7 Å². The van der Waals surface area contributed by atoms with Crippen LogP contribution in [0.25, 0.3) is 77.2 Å². The van der Waals surface area contributed by atoms with E-state index in [0.717, 1.165) is 66.5 Å². The number of fused-ring (bicyclic) bond motifs is 6. The highest BCUT2D eigenvalue weighted by Gasteiger charge is 2.17. The van der Waals surface area contributed by atoms with Crippen molar-refractivity contribution in [3.8, 4) is 45.8 Å². The van der Waals surface area contributed by atoms with Crippen LogP contribution in [0.15, 0.2) is 158 Å². The Labute approximate surface area is 277 Å². The van der Waals surface area contributed by atoms with Crippen LogP contribution >= 0.6 is 0 Å². The molecule has 0 aliphatic rings. The molecule has 222 valence electrons. The molecule has 0 aliphatic carbocycles. The second-order valence-electron chi connectivity index (χ2n) is 12.0. The van der Waals surface area contributed by atoms with E-state index < -0.39 is 0 Å². The predicted molar refractivity (Wildman–Crippen MR) is 195 cm³/mol. The second kappa shape index (κ2) is 10.9. The van der Waals surface area contributed by atoms with E-state index in [2.05, 4.69) is 149 Å². The second-order valence-corrected chi connectivity index (χ2v) is 12.0. The van der Waals surface area contributed by atoms with Gasteiger partial charge < -0.3 is 9.13 Å². The van der Waals surface area contributed by atoms with Crippen LogP contribution in [0.5, 0.6) is 0 Å². The van der Waals surface area contributed by atoms with Gasteiger partial charge in [0.05, 0.1) is 51.0 Å². The zero-order valence-electron chi connectivity index (χ0n) is 25.8. The quantitative estimate of drug-likeness (QED) is 0.199. The normalized spacial score (nSPS) is 11.3. The van der Waals surface area contributed by atoms with Crippen molar-refractivity contribution in [1.29, 1.82) is 10.5 Å². The predicted octanol–water partition coefficient (Wildman–Crippen LogP) is 11.0. The Bertz CT molecular complexity index is 2750. The number of hydrogen-bond donors (Lipinski definition) is 0. The number of para-hydroxylation sites is 4. The third-order valence-corrected chi connectivity index (χ3v) is 9.36. The monoisotopic (exact) mass is 610 g/mol. The minimum Gasteiger partial charge on any atom is -0.309 e. The summed E-state index contributed by atoms with van der Waals surface area (Å²) in [6.45, 7) is 0. The number of rotatable bonds is 4. The van der Waals surface area contributed by atoms with Crippen LogP contribution in [-0.2, 0) is 0 Å². The SMILES string of the molecule is N#Cc1cc(-c2ccc(-c3ccccc3-n3c4ccccc4c4ccc(C#N)cc43)cc2)cc(-n2c3ccccc3c3ccccc32)c1. The summed E-state index contributed by atoms with van der Waals surface area (Å²) in [6, 6.07) is 59.0. The summed E-state index contributed by atoms with van der Waals surface area (Å²) in [5.74, 6) is 0. The van der Waals surface area contributed by atoms with Crippen molar-refractivity contribution < 1.29 is 0 Å². The topological polar surface area (TPSA) is 57.4 Å². The fourth-order valence-corrected chi connectivity index (χ4v) is 7.23. The van der Waals surface area contributed by atoms with E-state index in [1.54, 1.807) is 0 Å². The summed E-state index contributed by atoms with van der Waals surface area (Å²) < 4.78 is 4.52. The van der Waals surface area contributed by atoms with Crippen LogP contribution in [-0.4, -0.2) is 9.13 Å².